The van der Waals surface area contributed by atoms with Gasteiger partial charge < -0.3 is 14.2 Å². The maximum atomic E-state index is 12.4. The lowest BCUT2D eigenvalue weighted by molar-refractivity contribution is 0.107. The molecule has 0 saturated carbocycles. The summed E-state index contributed by atoms with van der Waals surface area (Å²) >= 11 is 6.07. The largest absolute Gasteiger partial charge is 0.415 e. The van der Waals surface area contributed by atoms with Crippen molar-refractivity contribution in [1.82, 2.24) is 19.4 Å². The monoisotopic (exact) mass is 435 g/mol. The number of hydrogen-bond acceptors (Lipinski definition) is 5. The van der Waals surface area contributed by atoms with Gasteiger partial charge >= 0.3 is 6.09 Å². The topological polar surface area (TPSA) is 74.4 Å². The standard InChI is InChI=1S/C23H22ClN5O2/c24-21-3-1-2-4-22(21)31-23(30)28-11-9-27(10-12-28)16-20-14-26-17-29(20)15-19-7-5-18(13-25)6-8-19/h1-8,14,17H,9-12,15-16H2. The van der Waals surface area contributed by atoms with Gasteiger partial charge in [-0.05, 0) is 29.8 Å². The zero-order chi connectivity index (χ0) is 21.6. The molecule has 0 atom stereocenters. The van der Waals surface area contributed by atoms with Gasteiger partial charge in [0, 0.05) is 45.5 Å². The Kier molecular flexibility index (Phi) is 6.51. The SMILES string of the molecule is N#Cc1ccc(Cn2cncc2CN2CCN(C(=O)Oc3ccccc3Cl)CC2)cc1. The van der Waals surface area contributed by atoms with Crippen LogP contribution >= 0.6 is 11.6 Å². The van der Waals surface area contributed by atoms with Crippen molar-refractivity contribution in [3.8, 4) is 11.8 Å². The van der Waals surface area contributed by atoms with E-state index in [0.717, 1.165) is 30.9 Å². The maximum Gasteiger partial charge on any atom is 0.415 e. The fourth-order valence-corrected chi connectivity index (χ4v) is 3.68. The van der Waals surface area contributed by atoms with Gasteiger partial charge in [-0.3, -0.25) is 4.90 Å². The summed E-state index contributed by atoms with van der Waals surface area (Å²) < 4.78 is 7.54. The van der Waals surface area contributed by atoms with Crippen molar-refractivity contribution in [3.63, 3.8) is 0 Å². The highest BCUT2D eigenvalue weighted by molar-refractivity contribution is 6.32. The number of aromatic nitrogens is 2. The van der Waals surface area contributed by atoms with Crippen LogP contribution in [0.15, 0.2) is 61.1 Å². The van der Waals surface area contributed by atoms with Gasteiger partial charge in [-0.25, -0.2) is 9.78 Å². The van der Waals surface area contributed by atoms with E-state index >= 15 is 0 Å². The molecule has 0 spiro atoms. The number of para-hydroxylation sites is 1. The van der Waals surface area contributed by atoms with E-state index in [4.69, 9.17) is 21.6 Å². The third-order valence-electron chi connectivity index (χ3n) is 5.28. The van der Waals surface area contributed by atoms with E-state index < -0.39 is 0 Å². The van der Waals surface area contributed by atoms with Crippen molar-refractivity contribution in [2.45, 2.75) is 13.1 Å². The first kappa shape index (κ1) is 20.9. The molecule has 2 aromatic carbocycles. The van der Waals surface area contributed by atoms with Gasteiger partial charge in [0.2, 0.25) is 0 Å². The minimum Gasteiger partial charge on any atom is -0.409 e. The van der Waals surface area contributed by atoms with Gasteiger partial charge in [-0.2, -0.15) is 5.26 Å². The lowest BCUT2D eigenvalue weighted by Crippen LogP contribution is -2.49. The van der Waals surface area contributed by atoms with E-state index in [1.807, 2.05) is 36.8 Å². The number of hydrogen-bond donors (Lipinski definition) is 0. The molecule has 1 aliphatic heterocycles. The molecule has 1 fully saturated rings. The quantitative estimate of drug-likeness (QED) is 0.609. The average molecular weight is 436 g/mol. The molecule has 3 aromatic rings. The van der Waals surface area contributed by atoms with Crippen molar-refractivity contribution in [2.75, 3.05) is 26.2 Å². The summed E-state index contributed by atoms with van der Waals surface area (Å²) in [6.07, 6.45) is 3.32. The highest BCUT2D eigenvalue weighted by atomic mass is 35.5. The molecular formula is C23H22ClN5O2. The second kappa shape index (κ2) is 9.65. The minimum atomic E-state index is -0.376. The van der Waals surface area contributed by atoms with Crippen LogP contribution in [0.5, 0.6) is 5.75 Å². The fraction of sp³-hybridized carbons (Fsp3) is 0.261. The summed E-state index contributed by atoms with van der Waals surface area (Å²) in [4.78, 5) is 20.7. The zero-order valence-corrected chi connectivity index (χ0v) is 17.7. The number of imidazole rings is 1. The summed E-state index contributed by atoms with van der Waals surface area (Å²) in [6.45, 7) is 4.13. The fourth-order valence-electron chi connectivity index (χ4n) is 3.51. The van der Waals surface area contributed by atoms with Crippen molar-refractivity contribution in [2.24, 2.45) is 0 Å². The number of benzene rings is 2. The highest BCUT2D eigenvalue weighted by Gasteiger charge is 2.23. The van der Waals surface area contributed by atoms with Crippen LogP contribution in [-0.2, 0) is 13.1 Å². The molecule has 158 valence electrons. The molecule has 7 nitrogen and oxygen atoms in total. The van der Waals surface area contributed by atoms with Gasteiger partial charge in [-0.1, -0.05) is 35.9 Å². The molecule has 8 heteroatoms. The normalized spacial score (nSPS) is 14.3. The van der Waals surface area contributed by atoms with Crippen LogP contribution in [0, 0.1) is 11.3 Å². The maximum absolute atomic E-state index is 12.4. The molecule has 1 saturated heterocycles. The highest BCUT2D eigenvalue weighted by Crippen LogP contribution is 2.24. The third-order valence-corrected chi connectivity index (χ3v) is 5.60. The van der Waals surface area contributed by atoms with Gasteiger partial charge in [0.05, 0.1) is 28.7 Å². The molecular weight excluding hydrogens is 414 g/mol. The van der Waals surface area contributed by atoms with Crippen molar-refractivity contribution in [1.29, 1.82) is 5.26 Å². The Labute approximate surface area is 186 Å². The number of nitrogens with zero attached hydrogens (tertiary/aromatic N) is 5. The van der Waals surface area contributed by atoms with E-state index in [0.29, 0.717) is 36.0 Å². The third kappa shape index (κ3) is 5.23. The van der Waals surface area contributed by atoms with E-state index in [1.165, 1.54) is 0 Å². The molecule has 0 bridgehead atoms. The summed E-state index contributed by atoms with van der Waals surface area (Å²) in [5, 5.41) is 9.36. The first-order valence-electron chi connectivity index (χ1n) is 10.0. The van der Waals surface area contributed by atoms with Crippen LogP contribution < -0.4 is 4.74 Å². The summed E-state index contributed by atoms with van der Waals surface area (Å²) in [7, 11) is 0. The number of halogens is 1. The predicted octanol–water partition coefficient (Wildman–Crippen LogP) is 3.77. The molecule has 1 aromatic heterocycles. The zero-order valence-electron chi connectivity index (χ0n) is 16.9. The molecule has 31 heavy (non-hydrogen) atoms. The van der Waals surface area contributed by atoms with Crippen molar-refractivity contribution in [3.05, 3.63) is 82.9 Å². The second-order valence-corrected chi connectivity index (χ2v) is 7.79. The lowest BCUT2D eigenvalue weighted by Gasteiger charge is -2.34. The van der Waals surface area contributed by atoms with Gasteiger partial charge in [-0.15, -0.1) is 0 Å². The first-order chi connectivity index (χ1) is 15.1. The number of carbonyl (C=O) groups excluding carboxylic acids is 1. The molecule has 0 aliphatic carbocycles. The van der Waals surface area contributed by atoms with E-state index in [2.05, 4.69) is 20.5 Å². The average Bonchev–Trinajstić information content (AvgIpc) is 3.22. The van der Waals surface area contributed by atoms with Crippen LogP contribution in [0.2, 0.25) is 5.02 Å². The first-order valence-corrected chi connectivity index (χ1v) is 10.4. The van der Waals surface area contributed by atoms with Crippen LogP contribution in [0.4, 0.5) is 4.79 Å². The molecule has 2 heterocycles. The summed E-state index contributed by atoms with van der Waals surface area (Å²) in [6, 6.07) is 16.7. The Morgan fingerprint density at radius 3 is 2.52 bits per heavy atom. The van der Waals surface area contributed by atoms with Gasteiger partial charge in [0.25, 0.3) is 0 Å². The van der Waals surface area contributed by atoms with Crippen molar-refractivity contribution >= 4 is 17.7 Å². The van der Waals surface area contributed by atoms with Crippen LogP contribution in [0.1, 0.15) is 16.8 Å². The lowest BCUT2D eigenvalue weighted by atomic mass is 10.1. The van der Waals surface area contributed by atoms with Crippen LogP contribution in [0.25, 0.3) is 0 Å². The van der Waals surface area contributed by atoms with Crippen LogP contribution in [0.3, 0.4) is 0 Å². The number of ether oxygens (including phenoxy) is 1. The van der Waals surface area contributed by atoms with E-state index in [9.17, 15) is 4.79 Å². The Hall–Kier alpha value is -3.34. The molecule has 4 rings (SSSR count). The Morgan fingerprint density at radius 2 is 1.81 bits per heavy atom. The smallest absolute Gasteiger partial charge is 0.409 e. The second-order valence-electron chi connectivity index (χ2n) is 7.38. The number of amides is 1. The minimum absolute atomic E-state index is 0.376. The Balaban J connectivity index is 1.30. The van der Waals surface area contributed by atoms with E-state index in [1.54, 1.807) is 29.2 Å². The summed E-state index contributed by atoms with van der Waals surface area (Å²) in [5.74, 6) is 0.378. The van der Waals surface area contributed by atoms with Crippen LogP contribution in [-0.4, -0.2) is 51.6 Å². The number of carbonyl (C=O) groups is 1. The molecule has 0 N–H and O–H groups in total. The number of rotatable bonds is 5. The van der Waals surface area contributed by atoms with Gasteiger partial charge in [0.1, 0.15) is 0 Å². The number of piperazine rings is 1. The Bertz CT molecular complexity index is 1080. The molecule has 0 radical (unpaired) electrons. The Morgan fingerprint density at radius 1 is 1.06 bits per heavy atom. The molecule has 0 unspecified atom stereocenters. The molecule has 1 amide bonds. The molecule has 1 aliphatic rings. The van der Waals surface area contributed by atoms with Gasteiger partial charge in [0.15, 0.2) is 5.75 Å². The van der Waals surface area contributed by atoms with E-state index in [-0.39, 0.29) is 6.09 Å². The predicted molar refractivity (Wildman–Crippen MR) is 117 cm³/mol. The van der Waals surface area contributed by atoms with Crippen molar-refractivity contribution < 1.29 is 9.53 Å². The summed E-state index contributed by atoms with van der Waals surface area (Å²) in [5.41, 5.74) is 2.88. The number of nitriles is 1.